The van der Waals surface area contributed by atoms with Crippen molar-refractivity contribution in [2.75, 3.05) is 39.4 Å². The molecular weight excluding hydrogens is 355 g/mol. The third-order valence-corrected chi connectivity index (χ3v) is 5.35. The zero-order chi connectivity index (χ0) is 19.6. The Hall–Kier alpha value is -1.92. The third kappa shape index (κ3) is 6.91. The average molecular weight is 389 g/mol. The molecule has 1 aromatic carbocycles. The predicted molar refractivity (Wildman–Crippen MR) is 112 cm³/mol. The SMILES string of the molecule is CCNC(=NCCC1=CCOCC1)NC1CCN(Cc2ccc(F)cc2)CC1. The number of nitrogens with zero attached hydrogens (tertiary/aromatic N) is 2. The molecule has 2 N–H and O–H groups in total. The highest BCUT2D eigenvalue weighted by atomic mass is 19.1. The average Bonchev–Trinajstić information content (AvgIpc) is 2.72. The van der Waals surface area contributed by atoms with Gasteiger partial charge in [-0.3, -0.25) is 9.89 Å². The molecule has 5 nitrogen and oxygen atoms in total. The van der Waals surface area contributed by atoms with Gasteiger partial charge < -0.3 is 15.4 Å². The Morgan fingerprint density at radius 2 is 2.04 bits per heavy atom. The molecule has 0 unspecified atom stereocenters. The summed E-state index contributed by atoms with van der Waals surface area (Å²) in [6.07, 6.45) is 6.42. The Morgan fingerprint density at radius 1 is 1.25 bits per heavy atom. The molecule has 0 radical (unpaired) electrons. The maximum atomic E-state index is 13.0. The van der Waals surface area contributed by atoms with E-state index in [0.29, 0.717) is 6.04 Å². The molecule has 2 heterocycles. The summed E-state index contributed by atoms with van der Waals surface area (Å²) in [7, 11) is 0. The molecular formula is C22H33FN4O. The summed E-state index contributed by atoms with van der Waals surface area (Å²) in [4.78, 5) is 7.20. The van der Waals surface area contributed by atoms with E-state index in [4.69, 9.17) is 9.73 Å². The van der Waals surface area contributed by atoms with Crippen LogP contribution in [0.4, 0.5) is 4.39 Å². The van der Waals surface area contributed by atoms with Crippen molar-refractivity contribution in [2.45, 2.75) is 45.2 Å². The Balaban J connectivity index is 1.42. The standard InChI is InChI=1S/C22H33FN4O/c1-2-24-22(25-12-7-18-10-15-28-16-11-18)26-21-8-13-27(14-9-21)17-19-3-5-20(23)6-4-19/h3-6,10,21H,2,7-9,11-17H2,1H3,(H2,24,25,26). The second-order valence-electron chi connectivity index (χ2n) is 7.52. The van der Waals surface area contributed by atoms with Crippen LogP contribution in [0.15, 0.2) is 40.9 Å². The topological polar surface area (TPSA) is 48.9 Å². The molecule has 28 heavy (non-hydrogen) atoms. The lowest BCUT2D eigenvalue weighted by molar-refractivity contribution is 0.153. The summed E-state index contributed by atoms with van der Waals surface area (Å²) < 4.78 is 18.4. The fourth-order valence-corrected chi connectivity index (χ4v) is 3.70. The van der Waals surface area contributed by atoms with E-state index in [1.165, 1.54) is 11.1 Å². The van der Waals surface area contributed by atoms with Crippen LogP contribution in [0, 0.1) is 5.82 Å². The molecule has 3 rings (SSSR count). The molecule has 0 spiro atoms. The van der Waals surface area contributed by atoms with Gasteiger partial charge in [-0.15, -0.1) is 0 Å². The molecule has 6 heteroatoms. The molecule has 0 bridgehead atoms. The van der Waals surface area contributed by atoms with Crippen LogP contribution < -0.4 is 10.6 Å². The minimum atomic E-state index is -0.171. The highest BCUT2D eigenvalue weighted by Gasteiger charge is 2.20. The zero-order valence-corrected chi connectivity index (χ0v) is 16.9. The van der Waals surface area contributed by atoms with E-state index in [1.807, 2.05) is 12.1 Å². The number of guanidine groups is 1. The van der Waals surface area contributed by atoms with Crippen LogP contribution >= 0.6 is 0 Å². The number of nitrogens with one attached hydrogen (secondary N) is 2. The number of hydrogen-bond donors (Lipinski definition) is 2. The monoisotopic (exact) mass is 388 g/mol. The number of ether oxygens (including phenoxy) is 1. The van der Waals surface area contributed by atoms with E-state index in [1.54, 1.807) is 12.1 Å². The first-order valence-electron chi connectivity index (χ1n) is 10.5. The first-order chi connectivity index (χ1) is 13.7. The van der Waals surface area contributed by atoms with Crippen LogP contribution in [-0.4, -0.2) is 56.3 Å². The lowest BCUT2D eigenvalue weighted by Crippen LogP contribution is -2.48. The highest BCUT2D eigenvalue weighted by Crippen LogP contribution is 2.15. The number of piperidine rings is 1. The van der Waals surface area contributed by atoms with Crippen LogP contribution in [0.1, 0.15) is 38.2 Å². The van der Waals surface area contributed by atoms with E-state index in [2.05, 4.69) is 28.5 Å². The summed E-state index contributed by atoms with van der Waals surface area (Å²) in [5.41, 5.74) is 2.63. The van der Waals surface area contributed by atoms with Crippen LogP contribution in [-0.2, 0) is 11.3 Å². The number of benzene rings is 1. The number of likely N-dealkylation sites (tertiary alicyclic amines) is 1. The van der Waals surface area contributed by atoms with Crippen LogP contribution in [0.25, 0.3) is 0 Å². The lowest BCUT2D eigenvalue weighted by atomic mass is 10.0. The van der Waals surface area contributed by atoms with Gasteiger partial charge in [0.25, 0.3) is 0 Å². The first-order valence-corrected chi connectivity index (χ1v) is 10.5. The summed E-state index contributed by atoms with van der Waals surface area (Å²) >= 11 is 0. The lowest BCUT2D eigenvalue weighted by Gasteiger charge is -2.33. The molecule has 0 amide bonds. The van der Waals surface area contributed by atoms with Crippen molar-refractivity contribution in [1.82, 2.24) is 15.5 Å². The molecule has 0 atom stereocenters. The summed E-state index contributed by atoms with van der Waals surface area (Å²) in [6, 6.07) is 7.29. The molecule has 2 aliphatic heterocycles. The molecule has 2 aliphatic rings. The molecule has 0 aromatic heterocycles. The number of rotatable bonds is 7. The van der Waals surface area contributed by atoms with Gasteiger partial charge in [-0.1, -0.05) is 23.8 Å². The Morgan fingerprint density at radius 3 is 2.71 bits per heavy atom. The van der Waals surface area contributed by atoms with Crippen molar-refractivity contribution >= 4 is 5.96 Å². The minimum Gasteiger partial charge on any atom is -0.377 e. The van der Waals surface area contributed by atoms with E-state index in [-0.39, 0.29) is 5.82 Å². The maximum Gasteiger partial charge on any atom is 0.191 e. The van der Waals surface area contributed by atoms with E-state index >= 15 is 0 Å². The van der Waals surface area contributed by atoms with Crippen LogP contribution in [0.3, 0.4) is 0 Å². The van der Waals surface area contributed by atoms with Crippen molar-refractivity contribution in [3.05, 3.63) is 47.3 Å². The fraction of sp³-hybridized carbons (Fsp3) is 0.591. The van der Waals surface area contributed by atoms with Gasteiger partial charge in [-0.25, -0.2) is 4.39 Å². The Labute approximate surface area is 168 Å². The highest BCUT2D eigenvalue weighted by molar-refractivity contribution is 5.80. The van der Waals surface area contributed by atoms with Gasteiger partial charge >= 0.3 is 0 Å². The Bertz CT molecular complexity index is 651. The van der Waals surface area contributed by atoms with Crippen molar-refractivity contribution in [2.24, 2.45) is 4.99 Å². The number of aliphatic imine (C=N–C) groups is 1. The summed E-state index contributed by atoms with van der Waals surface area (Å²) in [6.45, 7) is 8.33. The van der Waals surface area contributed by atoms with Gasteiger partial charge in [-0.2, -0.15) is 0 Å². The molecule has 154 valence electrons. The third-order valence-electron chi connectivity index (χ3n) is 5.35. The van der Waals surface area contributed by atoms with Crippen molar-refractivity contribution in [3.8, 4) is 0 Å². The van der Waals surface area contributed by atoms with Crippen molar-refractivity contribution in [3.63, 3.8) is 0 Å². The van der Waals surface area contributed by atoms with Gasteiger partial charge in [-0.05, 0) is 50.3 Å². The normalized spacial score (nSPS) is 19.4. The van der Waals surface area contributed by atoms with Crippen molar-refractivity contribution < 1.29 is 9.13 Å². The molecule has 1 aromatic rings. The maximum absolute atomic E-state index is 13.0. The molecule has 1 saturated heterocycles. The van der Waals surface area contributed by atoms with Gasteiger partial charge in [0.1, 0.15) is 5.82 Å². The van der Waals surface area contributed by atoms with E-state index < -0.39 is 0 Å². The largest absolute Gasteiger partial charge is 0.377 e. The smallest absolute Gasteiger partial charge is 0.191 e. The van der Waals surface area contributed by atoms with Gasteiger partial charge in [0, 0.05) is 38.8 Å². The van der Waals surface area contributed by atoms with Gasteiger partial charge in [0.05, 0.1) is 13.2 Å². The number of halogens is 1. The second kappa shape index (κ2) is 11.2. The fourth-order valence-electron chi connectivity index (χ4n) is 3.70. The van der Waals surface area contributed by atoms with Gasteiger partial charge in [0.15, 0.2) is 5.96 Å². The summed E-state index contributed by atoms with van der Waals surface area (Å²) in [5, 5.41) is 6.97. The zero-order valence-electron chi connectivity index (χ0n) is 16.9. The summed E-state index contributed by atoms with van der Waals surface area (Å²) in [5.74, 6) is 0.752. The van der Waals surface area contributed by atoms with Crippen LogP contribution in [0.2, 0.25) is 0 Å². The van der Waals surface area contributed by atoms with Crippen molar-refractivity contribution in [1.29, 1.82) is 0 Å². The molecule has 0 saturated carbocycles. The number of hydrogen-bond acceptors (Lipinski definition) is 3. The van der Waals surface area contributed by atoms with E-state index in [9.17, 15) is 4.39 Å². The first kappa shape index (κ1) is 20.8. The molecule has 0 aliphatic carbocycles. The quantitative estimate of drug-likeness (QED) is 0.428. The molecule has 1 fully saturated rings. The Kier molecular flexibility index (Phi) is 8.30. The second-order valence-corrected chi connectivity index (χ2v) is 7.52. The van der Waals surface area contributed by atoms with Gasteiger partial charge in [0.2, 0.25) is 0 Å². The predicted octanol–water partition coefficient (Wildman–Crippen LogP) is 3.08. The minimum absolute atomic E-state index is 0.171. The van der Waals surface area contributed by atoms with E-state index in [0.717, 1.165) is 77.6 Å². The van der Waals surface area contributed by atoms with Crippen LogP contribution in [0.5, 0.6) is 0 Å².